The highest BCUT2D eigenvalue weighted by molar-refractivity contribution is 5.97. The zero-order chi connectivity index (χ0) is 16.9. The van der Waals surface area contributed by atoms with Crippen LogP contribution in [0.3, 0.4) is 0 Å². The Kier molecular flexibility index (Phi) is 4.89. The van der Waals surface area contributed by atoms with Crippen LogP contribution in [0.5, 0.6) is 5.75 Å². The number of Topliss-reactive ketones (excluding diaryl/α,β-unsaturated/α-hetero) is 1. The number of carbonyl (C=O) groups is 2. The number of benzene rings is 2. The zero-order valence-electron chi connectivity index (χ0n) is 13.1. The second-order valence-electron chi connectivity index (χ2n) is 5.73. The van der Waals surface area contributed by atoms with E-state index >= 15 is 0 Å². The molecular weight excluding hydrogens is 309 g/mol. The molecule has 2 aromatic carbocycles. The summed E-state index contributed by atoms with van der Waals surface area (Å²) in [5.41, 5.74) is 1.38. The quantitative estimate of drug-likeness (QED) is 0.856. The van der Waals surface area contributed by atoms with Crippen molar-refractivity contribution in [3.63, 3.8) is 0 Å². The lowest BCUT2D eigenvalue weighted by Crippen LogP contribution is -2.32. The van der Waals surface area contributed by atoms with Gasteiger partial charge in [0.1, 0.15) is 11.6 Å². The topological polar surface area (TPSA) is 55.4 Å². The molecule has 0 unspecified atom stereocenters. The molecule has 0 saturated carbocycles. The van der Waals surface area contributed by atoms with Crippen molar-refractivity contribution in [2.75, 3.05) is 6.61 Å². The number of halogens is 1. The van der Waals surface area contributed by atoms with Gasteiger partial charge < -0.3 is 10.1 Å². The SMILES string of the molecule is O=C(CCC(=O)c1ccc(F)cc1)N[C@@H]1CCOc2ccccc21. The van der Waals surface area contributed by atoms with E-state index in [4.69, 9.17) is 4.74 Å². The molecule has 0 aromatic heterocycles. The summed E-state index contributed by atoms with van der Waals surface area (Å²) < 4.78 is 18.4. The Morgan fingerprint density at radius 2 is 1.83 bits per heavy atom. The molecule has 1 aliphatic rings. The minimum atomic E-state index is -0.387. The lowest BCUT2D eigenvalue weighted by molar-refractivity contribution is -0.122. The van der Waals surface area contributed by atoms with Gasteiger partial charge >= 0.3 is 0 Å². The van der Waals surface area contributed by atoms with Crippen molar-refractivity contribution in [2.24, 2.45) is 0 Å². The summed E-state index contributed by atoms with van der Waals surface area (Å²) in [5.74, 6) is 0.0589. The normalized spacial score (nSPS) is 16.0. The number of ketones is 1. The number of hydrogen-bond acceptors (Lipinski definition) is 3. The Bertz CT molecular complexity index is 743. The van der Waals surface area contributed by atoms with E-state index in [1.54, 1.807) is 0 Å². The molecule has 0 aliphatic carbocycles. The second kappa shape index (κ2) is 7.25. The lowest BCUT2D eigenvalue weighted by Gasteiger charge is -2.26. The van der Waals surface area contributed by atoms with E-state index in [9.17, 15) is 14.0 Å². The summed E-state index contributed by atoms with van der Waals surface area (Å²) in [6.07, 6.45) is 0.909. The fraction of sp³-hybridized carbons (Fsp3) is 0.263. The van der Waals surface area contributed by atoms with Gasteiger partial charge in [-0.15, -0.1) is 0 Å². The first-order valence-electron chi connectivity index (χ1n) is 7.93. The van der Waals surface area contributed by atoms with Crippen LogP contribution in [0.15, 0.2) is 48.5 Å². The number of hydrogen-bond donors (Lipinski definition) is 1. The van der Waals surface area contributed by atoms with Crippen LogP contribution in [0.25, 0.3) is 0 Å². The number of rotatable bonds is 5. The molecule has 4 nitrogen and oxygen atoms in total. The molecule has 1 N–H and O–H groups in total. The third-order valence-electron chi connectivity index (χ3n) is 4.04. The Balaban J connectivity index is 1.55. The van der Waals surface area contributed by atoms with Crippen LogP contribution in [-0.4, -0.2) is 18.3 Å². The van der Waals surface area contributed by atoms with E-state index in [0.29, 0.717) is 18.6 Å². The zero-order valence-corrected chi connectivity index (χ0v) is 13.1. The number of nitrogens with one attached hydrogen (secondary N) is 1. The highest BCUT2D eigenvalue weighted by Crippen LogP contribution is 2.31. The van der Waals surface area contributed by atoms with Crippen LogP contribution in [0.1, 0.15) is 41.2 Å². The average Bonchev–Trinajstić information content (AvgIpc) is 2.61. The second-order valence-corrected chi connectivity index (χ2v) is 5.73. The van der Waals surface area contributed by atoms with Gasteiger partial charge in [-0.25, -0.2) is 4.39 Å². The molecule has 5 heteroatoms. The van der Waals surface area contributed by atoms with Gasteiger partial charge in [-0.2, -0.15) is 0 Å². The van der Waals surface area contributed by atoms with Crippen molar-refractivity contribution in [3.8, 4) is 5.75 Å². The first kappa shape index (κ1) is 16.2. The summed E-state index contributed by atoms with van der Waals surface area (Å²) in [5, 5.41) is 2.96. The molecule has 2 aromatic rings. The minimum absolute atomic E-state index is 0.0941. The van der Waals surface area contributed by atoms with Gasteiger partial charge in [0.15, 0.2) is 5.78 Å². The molecule has 0 saturated heterocycles. The minimum Gasteiger partial charge on any atom is -0.493 e. The van der Waals surface area contributed by atoms with E-state index in [1.807, 2.05) is 24.3 Å². The third-order valence-corrected chi connectivity index (χ3v) is 4.04. The number of fused-ring (bicyclic) bond motifs is 1. The standard InChI is InChI=1S/C19H18FNO3/c20-14-7-5-13(6-8-14)17(22)9-10-19(23)21-16-11-12-24-18-4-2-1-3-15(16)18/h1-8,16H,9-12H2,(H,21,23)/t16-/m1/s1. The van der Waals surface area contributed by atoms with Crippen LogP contribution < -0.4 is 10.1 Å². The maximum Gasteiger partial charge on any atom is 0.220 e. The fourth-order valence-electron chi connectivity index (χ4n) is 2.77. The number of amides is 1. The van der Waals surface area contributed by atoms with Crippen LogP contribution in [0, 0.1) is 5.82 Å². The van der Waals surface area contributed by atoms with Gasteiger partial charge in [0, 0.05) is 30.4 Å². The fourth-order valence-corrected chi connectivity index (χ4v) is 2.77. The molecule has 24 heavy (non-hydrogen) atoms. The Hall–Kier alpha value is -2.69. The van der Waals surface area contributed by atoms with Gasteiger partial charge in [-0.05, 0) is 30.3 Å². The van der Waals surface area contributed by atoms with E-state index in [0.717, 1.165) is 11.3 Å². The van der Waals surface area contributed by atoms with E-state index in [2.05, 4.69) is 5.32 Å². The van der Waals surface area contributed by atoms with Crippen molar-refractivity contribution >= 4 is 11.7 Å². The summed E-state index contributed by atoms with van der Waals surface area (Å²) in [6.45, 7) is 0.552. The Morgan fingerprint density at radius 1 is 1.08 bits per heavy atom. The lowest BCUT2D eigenvalue weighted by atomic mass is 10.00. The highest BCUT2D eigenvalue weighted by atomic mass is 19.1. The maximum atomic E-state index is 12.9. The molecule has 1 aliphatic heterocycles. The number of ether oxygens (including phenoxy) is 1. The molecule has 0 spiro atoms. The smallest absolute Gasteiger partial charge is 0.220 e. The van der Waals surface area contributed by atoms with Crippen LogP contribution in [0.2, 0.25) is 0 Å². The van der Waals surface area contributed by atoms with Crippen LogP contribution in [-0.2, 0) is 4.79 Å². The summed E-state index contributed by atoms with van der Waals surface area (Å²) >= 11 is 0. The first-order chi connectivity index (χ1) is 11.6. The predicted octanol–water partition coefficient (Wildman–Crippen LogP) is 3.43. The van der Waals surface area contributed by atoms with Gasteiger partial charge in [-0.1, -0.05) is 18.2 Å². The highest BCUT2D eigenvalue weighted by Gasteiger charge is 2.22. The predicted molar refractivity (Wildman–Crippen MR) is 87.4 cm³/mol. The van der Waals surface area contributed by atoms with Crippen LogP contribution >= 0.6 is 0 Å². The van der Waals surface area contributed by atoms with E-state index in [-0.39, 0.29) is 36.4 Å². The molecule has 1 amide bonds. The molecule has 3 rings (SSSR count). The Labute approximate surface area is 139 Å². The van der Waals surface area contributed by atoms with Crippen molar-refractivity contribution in [1.82, 2.24) is 5.32 Å². The Morgan fingerprint density at radius 3 is 2.62 bits per heavy atom. The molecule has 1 atom stereocenters. The van der Waals surface area contributed by atoms with Crippen molar-refractivity contribution in [1.29, 1.82) is 0 Å². The molecule has 124 valence electrons. The van der Waals surface area contributed by atoms with Gasteiger partial charge in [0.05, 0.1) is 12.6 Å². The summed E-state index contributed by atoms with van der Waals surface area (Å²) in [7, 11) is 0. The molecule has 0 fully saturated rings. The number of carbonyl (C=O) groups excluding carboxylic acids is 2. The molecule has 1 heterocycles. The van der Waals surface area contributed by atoms with Gasteiger partial charge in [0.2, 0.25) is 5.91 Å². The number of para-hydroxylation sites is 1. The molecule has 0 radical (unpaired) electrons. The summed E-state index contributed by atoms with van der Waals surface area (Å²) in [4.78, 5) is 24.2. The largest absolute Gasteiger partial charge is 0.493 e. The molecular formula is C19H18FNO3. The third kappa shape index (κ3) is 3.79. The van der Waals surface area contributed by atoms with Gasteiger partial charge in [0.25, 0.3) is 0 Å². The van der Waals surface area contributed by atoms with E-state index < -0.39 is 0 Å². The van der Waals surface area contributed by atoms with Crippen molar-refractivity contribution in [2.45, 2.75) is 25.3 Å². The van der Waals surface area contributed by atoms with Gasteiger partial charge in [-0.3, -0.25) is 9.59 Å². The average molecular weight is 327 g/mol. The van der Waals surface area contributed by atoms with E-state index in [1.165, 1.54) is 24.3 Å². The summed E-state index contributed by atoms with van der Waals surface area (Å²) in [6, 6.07) is 12.9. The van der Waals surface area contributed by atoms with Crippen LogP contribution in [0.4, 0.5) is 4.39 Å². The molecule has 0 bridgehead atoms. The van der Waals surface area contributed by atoms with Crippen molar-refractivity contribution < 1.29 is 18.7 Å². The maximum absolute atomic E-state index is 12.9. The van der Waals surface area contributed by atoms with Crippen molar-refractivity contribution in [3.05, 3.63) is 65.5 Å². The first-order valence-corrected chi connectivity index (χ1v) is 7.93. The monoisotopic (exact) mass is 327 g/mol.